The van der Waals surface area contributed by atoms with Crippen LogP contribution in [0.25, 0.3) is 11.1 Å². The zero-order valence-electron chi connectivity index (χ0n) is 41.4. The van der Waals surface area contributed by atoms with Gasteiger partial charge in [-0.1, -0.05) is 119 Å². The second kappa shape index (κ2) is 24.7. The lowest BCUT2D eigenvalue weighted by Crippen LogP contribution is -2.55. The second-order valence-electron chi connectivity index (χ2n) is 20.1. The van der Waals surface area contributed by atoms with Gasteiger partial charge in [0.1, 0.15) is 30.3 Å². The lowest BCUT2D eigenvalue weighted by Gasteiger charge is -2.31. The van der Waals surface area contributed by atoms with E-state index in [1.54, 1.807) is 39.5 Å². The van der Waals surface area contributed by atoms with Gasteiger partial charge in [-0.05, 0) is 113 Å². The molecular formula is C54H74N6O8. The van der Waals surface area contributed by atoms with Crippen molar-refractivity contribution in [3.05, 3.63) is 108 Å². The molecule has 0 unspecified atom stereocenters. The minimum absolute atomic E-state index is 0.0849. The molecule has 0 spiro atoms. The van der Waals surface area contributed by atoms with E-state index in [0.29, 0.717) is 38.6 Å². The smallest absolute Gasteiger partial charge is 0.408 e. The van der Waals surface area contributed by atoms with Gasteiger partial charge in [0, 0.05) is 25.0 Å². The zero-order valence-corrected chi connectivity index (χ0v) is 41.4. The van der Waals surface area contributed by atoms with Crippen LogP contribution in [0.2, 0.25) is 0 Å². The van der Waals surface area contributed by atoms with Crippen LogP contribution >= 0.6 is 0 Å². The van der Waals surface area contributed by atoms with Gasteiger partial charge in [0.2, 0.25) is 23.6 Å². The summed E-state index contributed by atoms with van der Waals surface area (Å²) in [6, 6.07) is 24.3. The minimum atomic E-state index is -1.17. The Morgan fingerprint density at radius 2 is 1.38 bits per heavy atom. The SMILES string of the molecule is CC(C)C[C@@H](/C=C/[C@H](Cc1ccccc1)C(=O)N1CCC[C@H]1NC(=O)[C@H](C(=O)N[C@@H](CCCNC(=O)OCC1c2ccccc2-c2ccccc21)C(=O)NC(C)C)C(C)C)NC(=O)OC(C)(C)C. The van der Waals surface area contributed by atoms with Crippen molar-refractivity contribution in [2.45, 2.75) is 137 Å². The quantitative estimate of drug-likeness (QED) is 0.0404. The molecule has 0 saturated carbocycles. The van der Waals surface area contributed by atoms with Crippen LogP contribution < -0.4 is 26.6 Å². The van der Waals surface area contributed by atoms with E-state index >= 15 is 0 Å². The molecule has 368 valence electrons. The van der Waals surface area contributed by atoms with Gasteiger partial charge in [0.25, 0.3) is 0 Å². The van der Waals surface area contributed by atoms with Crippen molar-refractivity contribution in [2.24, 2.45) is 23.7 Å². The normalized spacial score (nSPS) is 16.4. The first-order valence-electron chi connectivity index (χ1n) is 24.3. The van der Waals surface area contributed by atoms with Crippen LogP contribution in [-0.4, -0.2) is 90.3 Å². The first-order chi connectivity index (χ1) is 32.3. The van der Waals surface area contributed by atoms with Crippen molar-refractivity contribution in [1.29, 1.82) is 0 Å². The Hall–Kier alpha value is -6.18. The molecule has 5 rings (SSSR count). The first kappa shape index (κ1) is 52.8. The molecule has 1 fully saturated rings. The van der Waals surface area contributed by atoms with Crippen LogP contribution in [0, 0.1) is 23.7 Å². The molecule has 5 atom stereocenters. The summed E-state index contributed by atoms with van der Waals surface area (Å²) in [6.45, 7) is 17.5. The molecule has 1 saturated heterocycles. The largest absolute Gasteiger partial charge is 0.449 e. The fourth-order valence-corrected chi connectivity index (χ4v) is 8.96. The zero-order chi connectivity index (χ0) is 49.5. The highest BCUT2D eigenvalue weighted by Crippen LogP contribution is 2.44. The van der Waals surface area contributed by atoms with Crippen molar-refractivity contribution < 1.29 is 38.2 Å². The third-order valence-electron chi connectivity index (χ3n) is 12.0. The molecule has 14 heteroatoms. The van der Waals surface area contributed by atoms with E-state index in [1.165, 1.54) is 0 Å². The minimum Gasteiger partial charge on any atom is -0.449 e. The van der Waals surface area contributed by atoms with E-state index in [4.69, 9.17) is 9.47 Å². The number of hydrogen-bond donors (Lipinski definition) is 5. The number of nitrogens with one attached hydrogen (secondary N) is 5. The lowest BCUT2D eigenvalue weighted by molar-refractivity contribution is -0.141. The van der Waals surface area contributed by atoms with Crippen LogP contribution in [0.1, 0.15) is 117 Å². The van der Waals surface area contributed by atoms with E-state index in [0.717, 1.165) is 27.8 Å². The third-order valence-corrected chi connectivity index (χ3v) is 12.0. The summed E-state index contributed by atoms with van der Waals surface area (Å²) in [4.78, 5) is 83.6. The topological polar surface area (TPSA) is 184 Å². The Morgan fingerprint density at radius 1 is 0.750 bits per heavy atom. The second-order valence-corrected chi connectivity index (χ2v) is 20.1. The average Bonchev–Trinajstić information content (AvgIpc) is 3.86. The Bertz CT molecular complexity index is 2170. The molecule has 1 heterocycles. The van der Waals surface area contributed by atoms with Crippen molar-refractivity contribution in [1.82, 2.24) is 31.5 Å². The standard InChI is InChI=1S/C54H74N6O8/c1-34(2)31-39(57-53(66)68-54(7,8)9)28-27-38(32-37-19-11-10-12-20-37)51(64)60-30-18-26-46(60)59-50(63)47(35(3)4)49(62)58-45(48(61)56-36(5)6)25-17-29-55-52(65)67-33-44-42-23-15-13-21-40(42)41-22-14-16-24-43(41)44/h10-16,19-24,27-28,34-36,38-39,44-47H,17-18,25-26,29-33H2,1-9H3,(H,55,65)(H,56,61)(H,57,66)(H,58,62)(H,59,63)/b28-27+/t38-,39-,45+,46+,47+/m1/s1. The highest BCUT2D eigenvalue weighted by Gasteiger charge is 2.38. The maximum absolute atomic E-state index is 14.5. The van der Waals surface area contributed by atoms with E-state index in [2.05, 4.69) is 64.7 Å². The molecule has 5 N–H and O–H groups in total. The van der Waals surface area contributed by atoms with Crippen LogP contribution in [0.4, 0.5) is 9.59 Å². The number of carbonyl (C=O) groups is 6. The monoisotopic (exact) mass is 935 g/mol. The van der Waals surface area contributed by atoms with Crippen molar-refractivity contribution in [3.8, 4) is 11.1 Å². The van der Waals surface area contributed by atoms with Gasteiger partial charge in [-0.3, -0.25) is 19.2 Å². The molecule has 68 heavy (non-hydrogen) atoms. The summed E-state index contributed by atoms with van der Waals surface area (Å²) in [6.07, 6.45) is 4.62. The highest BCUT2D eigenvalue weighted by molar-refractivity contribution is 6.02. The molecule has 3 aromatic rings. The van der Waals surface area contributed by atoms with Crippen LogP contribution in [0.15, 0.2) is 91.0 Å². The fourth-order valence-electron chi connectivity index (χ4n) is 8.96. The number of likely N-dealkylation sites (tertiary alicyclic amines) is 1. The number of alkyl carbamates (subject to hydrolysis) is 2. The summed E-state index contributed by atoms with van der Waals surface area (Å²) >= 11 is 0. The first-order valence-corrected chi connectivity index (χ1v) is 24.3. The lowest BCUT2D eigenvalue weighted by atomic mass is 9.93. The number of rotatable bonds is 21. The van der Waals surface area contributed by atoms with Gasteiger partial charge in [-0.25, -0.2) is 9.59 Å². The summed E-state index contributed by atoms with van der Waals surface area (Å²) in [5.74, 6) is -3.82. The van der Waals surface area contributed by atoms with Gasteiger partial charge < -0.3 is 41.0 Å². The molecular weight excluding hydrogens is 861 g/mol. The van der Waals surface area contributed by atoms with Crippen molar-refractivity contribution in [2.75, 3.05) is 19.7 Å². The van der Waals surface area contributed by atoms with Gasteiger partial charge >= 0.3 is 12.2 Å². The van der Waals surface area contributed by atoms with E-state index < -0.39 is 65.5 Å². The Labute approximate surface area is 403 Å². The molecule has 14 nitrogen and oxygen atoms in total. The Morgan fingerprint density at radius 3 is 1.99 bits per heavy atom. The number of ether oxygens (including phenoxy) is 2. The molecule has 0 radical (unpaired) electrons. The van der Waals surface area contributed by atoms with Gasteiger partial charge in [-0.2, -0.15) is 0 Å². The Balaban J connectivity index is 1.21. The van der Waals surface area contributed by atoms with Gasteiger partial charge in [0.05, 0.1) is 12.0 Å². The van der Waals surface area contributed by atoms with Crippen LogP contribution in [0.5, 0.6) is 0 Å². The number of fused-ring (bicyclic) bond motifs is 3. The summed E-state index contributed by atoms with van der Waals surface area (Å²) in [5, 5.41) is 14.5. The molecule has 0 bridgehead atoms. The number of amides is 6. The predicted molar refractivity (Wildman–Crippen MR) is 264 cm³/mol. The van der Waals surface area contributed by atoms with Crippen molar-refractivity contribution >= 4 is 35.8 Å². The molecule has 1 aliphatic heterocycles. The van der Waals surface area contributed by atoms with Gasteiger partial charge in [-0.15, -0.1) is 0 Å². The number of carbonyl (C=O) groups excluding carboxylic acids is 6. The highest BCUT2D eigenvalue weighted by atomic mass is 16.6. The number of hydrogen-bond acceptors (Lipinski definition) is 8. The molecule has 3 aromatic carbocycles. The third kappa shape index (κ3) is 15.4. The van der Waals surface area contributed by atoms with E-state index in [1.807, 2.05) is 80.6 Å². The number of nitrogens with zero attached hydrogens (tertiary/aromatic N) is 1. The van der Waals surface area contributed by atoms with E-state index in [-0.39, 0.29) is 49.4 Å². The maximum Gasteiger partial charge on any atom is 0.408 e. The van der Waals surface area contributed by atoms with Crippen LogP contribution in [-0.2, 0) is 35.1 Å². The summed E-state index contributed by atoms with van der Waals surface area (Å²) < 4.78 is 11.2. The Kier molecular flexibility index (Phi) is 19.2. The average molecular weight is 935 g/mol. The van der Waals surface area contributed by atoms with E-state index in [9.17, 15) is 28.8 Å². The van der Waals surface area contributed by atoms with Gasteiger partial charge in [0.15, 0.2) is 0 Å². The summed E-state index contributed by atoms with van der Waals surface area (Å²) in [7, 11) is 0. The van der Waals surface area contributed by atoms with Crippen LogP contribution in [0.3, 0.4) is 0 Å². The predicted octanol–water partition coefficient (Wildman–Crippen LogP) is 8.01. The molecule has 2 aliphatic rings. The fraction of sp³-hybridized carbons (Fsp3) is 0.519. The number of benzene rings is 3. The van der Waals surface area contributed by atoms with Crippen molar-refractivity contribution in [3.63, 3.8) is 0 Å². The summed E-state index contributed by atoms with van der Waals surface area (Å²) in [5.41, 5.74) is 4.76. The molecule has 6 amide bonds. The maximum atomic E-state index is 14.5. The molecule has 0 aromatic heterocycles. The molecule has 1 aliphatic carbocycles.